The molecule has 0 amide bonds. The summed E-state index contributed by atoms with van der Waals surface area (Å²) in [6.45, 7) is 19.3. The van der Waals surface area contributed by atoms with Gasteiger partial charge in [0.1, 0.15) is 23.7 Å². The van der Waals surface area contributed by atoms with Gasteiger partial charge in [-0.05, 0) is 98.2 Å². The van der Waals surface area contributed by atoms with Crippen LogP contribution >= 0.6 is 0 Å². The van der Waals surface area contributed by atoms with Crippen molar-refractivity contribution in [3.63, 3.8) is 0 Å². The number of fused-ring (bicyclic) bond motifs is 3. The zero-order valence-corrected chi connectivity index (χ0v) is 29.4. The maximum atomic E-state index is 11.9. The monoisotopic (exact) mass is 658 g/mol. The van der Waals surface area contributed by atoms with Crippen LogP contribution in [0.25, 0.3) is 11.1 Å². The Bertz CT molecular complexity index is 1750. The van der Waals surface area contributed by atoms with E-state index in [-0.39, 0.29) is 24.1 Å². The molecule has 0 aromatic heterocycles. The summed E-state index contributed by atoms with van der Waals surface area (Å²) in [6, 6.07) is 30.2. The van der Waals surface area contributed by atoms with E-state index in [4.69, 9.17) is 18.9 Å². The van der Waals surface area contributed by atoms with E-state index in [0.29, 0.717) is 37.2 Å². The van der Waals surface area contributed by atoms with Crippen LogP contribution in [0.5, 0.6) is 11.5 Å². The van der Waals surface area contributed by atoms with Gasteiger partial charge in [0.05, 0.1) is 18.6 Å². The lowest BCUT2D eigenvalue weighted by atomic mass is 9.67. The van der Waals surface area contributed by atoms with Crippen molar-refractivity contribution >= 4 is 11.9 Å². The highest BCUT2D eigenvalue weighted by Gasteiger charge is 2.46. The minimum absolute atomic E-state index is 0.281. The first kappa shape index (κ1) is 35.2. The first-order valence-electron chi connectivity index (χ1n) is 16.8. The van der Waals surface area contributed by atoms with E-state index in [1.807, 2.05) is 26.0 Å². The summed E-state index contributed by atoms with van der Waals surface area (Å²) in [5, 5.41) is 0. The Kier molecular flexibility index (Phi) is 10.8. The topological polar surface area (TPSA) is 71.1 Å². The molecular formula is C43H46O6. The van der Waals surface area contributed by atoms with Gasteiger partial charge in [0.15, 0.2) is 0 Å². The summed E-state index contributed by atoms with van der Waals surface area (Å²) in [5.41, 5.74) is 9.37. The maximum Gasteiger partial charge on any atom is 0.333 e. The Morgan fingerprint density at radius 1 is 0.633 bits per heavy atom. The molecule has 0 N–H and O–H groups in total. The van der Waals surface area contributed by atoms with Crippen LogP contribution in [-0.4, -0.2) is 37.4 Å². The van der Waals surface area contributed by atoms with E-state index in [1.165, 1.54) is 22.3 Å². The molecule has 1 aliphatic carbocycles. The van der Waals surface area contributed by atoms with Gasteiger partial charge in [0, 0.05) is 24.0 Å². The van der Waals surface area contributed by atoms with Crippen molar-refractivity contribution in [2.24, 2.45) is 0 Å². The molecular weight excluding hydrogens is 612 g/mol. The van der Waals surface area contributed by atoms with Crippen LogP contribution in [-0.2, 0) is 24.5 Å². The Hall–Kier alpha value is -5.10. The zero-order chi connectivity index (χ0) is 35.3. The molecule has 0 saturated heterocycles. The van der Waals surface area contributed by atoms with E-state index >= 15 is 0 Å². The molecule has 0 heterocycles. The molecule has 0 fully saturated rings. The predicted molar refractivity (Wildman–Crippen MR) is 194 cm³/mol. The third-order valence-electron chi connectivity index (χ3n) is 9.05. The number of carbonyl (C=O) groups is 2. The second-order valence-corrected chi connectivity index (χ2v) is 13.1. The molecule has 49 heavy (non-hydrogen) atoms. The molecule has 2 atom stereocenters. The van der Waals surface area contributed by atoms with E-state index in [9.17, 15) is 9.59 Å². The Morgan fingerprint density at radius 2 is 1.02 bits per heavy atom. The lowest BCUT2D eigenvalue weighted by Crippen LogP contribution is -2.29. The van der Waals surface area contributed by atoms with Crippen LogP contribution in [0.1, 0.15) is 73.9 Å². The van der Waals surface area contributed by atoms with Crippen LogP contribution in [0, 0.1) is 13.8 Å². The minimum atomic E-state index is -0.573. The number of aryl methyl sites for hydroxylation is 2. The Balaban J connectivity index is 1.46. The number of esters is 2. The predicted octanol–water partition coefficient (Wildman–Crippen LogP) is 9.22. The quantitative estimate of drug-likeness (QED) is 0.0875. The fourth-order valence-corrected chi connectivity index (χ4v) is 6.47. The Morgan fingerprint density at radius 3 is 1.39 bits per heavy atom. The van der Waals surface area contributed by atoms with Crippen molar-refractivity contribution < 1.29 is 28.5 Å². The van der Waals surface area contributed by atoms with Crippen molar-refractivity contribution in [3.8, 4) is 22.6 Å². The molecule has 0 aliphatic heterocycles. The van der Waals surface area contributed by atoms with Crippen molar-refractivity contribution in [2.75, 3.05) is 13.2 Å². The average Bonchev–Trinajstić information content (AvgIpc) is 3.37. The molecule has 0 radical (unpaired) electrons. The smallest absolute Gasteiger partial charge is 0.333 e. The van der Waals surface area contributed by atoms with Gasteiger partial charge >= 0.3 is 11.9 Å². The number of hydrogen-bond donors (Lipinski definition) is 0. The molecule has 4 aromatic rings. The first-order chi connectivity index (χ1) is 23.4. The molecule has 254 valence electrons. The molecule has 0 bridgehead atoms. The average molecular weight is 659 g/mol. The molecule has 4 aromatic carbocycles. The van der Waals surface area contributed by atoms with E-state index in [0.717, 1.165) is 33.8 Å². The van der Waals surface area contributed by atoms with Crippen LogP contribution in [0.15, 0.2) is 109 Å². The minimum Gasteiger partial charge on any atom is -0.493 e. The number of carbonyl (C=O) groups excluding carboxylic acids is 2. The highest BCUT2D eigenvalue weighted by atomic mass is 16.5. The molecule has 2 unspecified atom stereocenters. The third kappa shape index (κ3) is 7.34. The molecule has 5 rings (SSSR count). The van der Waals surface area contributed by atoms with Gasteiger partial charge in [0.2, 0.25) is 0 Å². The second-order valence-electron chi connectivity index (χ2n) is 13.1. The van der Waals surface area contributed by atoms with Gasteiger partial charge in [-0.3, -0.25) is 0 Å². The maximum absolute atomic E-state index is 11.9. The lowest BCUT2D eigenvalue weighted by molar-refractivity contribution is -0.144. The molecule has 6 nitrogen and oxygen atoms in total. The third-order valence-corrected chi connectivity index (χ3v) is 9.05. The molecule has 1 aliphatic rings. The van der Waals surface area contributed by atoms with Crippen molar-refractivity contribution in [3.05, 3.63) is 143 Å². The second kappa shape index (κ2) is 15.0. The summed E-state index contributed by atoms with van der Waals surface area (Å²) < 4.78 is 23.2. The highest BCUT2D eigenvalue weighted by Crippen LogP contribution is 2.56. The largest absolute Gasteiger partial charge is 0.493 e. The van der Waals surface area contributed by atoms with Gasteiger partial charge < -0.3 is 18.9 Å². The summed E-state index contributed by atoms with van der Waals surface area (Å²) in [6.07, 6.45) is 0.571. The van der Waals surface area contributed by atoms with E-state index in [2.05, 4.69) is 99.8 Å². The van der Waals surface area contributed by atoms with Gasteiger partial charge in [-0.25, -0.2) is 9.59 Å². The summed E-state index contributed by atoms with van der Waals surface area (Å²) in [4.78, 5) is 23.8. The molecule has 0 spiro atoms. The SMILES string of the molecule is C=C(C)C(=O)OC(C)CCOc1ccc(C2(c3ccc(OCCC(C)OC(=O)C(=C)C)c(C)c3)c3ccccc3-c3ccccc32)cc1C. The number of ether oxygens (including phenoxy) is 4. The molecule has 6 heteroatoms. The van der Waals surface area contributed by atoms with Crippen LogP contribution in [0.3, 0.4) is 0 Å². The van der Waals surface area contributed by atoms with Crippen LogP contribution < -0.4 is 9.47 Å². The zero-order valence-electron chi connectivity index (χ0n) is 29.4. The Labute approximate surface area is 290 Å². The molecule has 0 saturated carbocycles. The standard InChI is InChI=1S/C43H46O6/c1-27(2)41(44)48-31(7)21-23-46-39-19-17-33(25-29(39)5)43(37-15-11-9-13-35(37)36-14-10-12-16-38(36)43)34-18-20-40(30(6)26-34)47-24-22-32(8)49-42(45)28(3)4/h9-20,25-26,31-32H,1,3,21-24H2,2,4-8H3. The van der Waals surface area contributed by atoms with Crippen molar-refractivity contribution in [1.29, 1.82) is 0 Å². The number of benzene rings is 4. The lowest BCUT2D eigenvalue weighted by Gasteiger charge is -2.34. The fraction of sp³-hybridized carbons (Fsp3) is 0.302. The van der Waals surface area contributed by atoms with Crippen molar-refractivity contribution in [2.45, 2.75) is 72.0 Å². The number of rotatable bonds is 14. The highest BCUT2D eigenvalue weighted by molar-refractivity contribution is 5.88. The first-order valence-corrected chi connectivity index (χ1v) is 16.8. The fourth-order valence-electron chi connectivity index (χ4n) is 6.47. The normalized spacial score (nSPS) is 13.8. The van der Waals surface area contributed by atoms with Crippen LogP contribution in [0.2, 0.25) is 0 Å². The summed E-state index contributed by atoms with van der Waals surface area (Å²) in [5.74, 6) is 0.808. The summed E-state index contributed by atoms with van der Waals surface area (Å²) >= 11 is 0. The van der Waals surface area contributed by atoms with E-state index < -0.39 is 5.41 Å². The number of hydrogen-bond acceptors (Lipinski definition) is 6. The van der Waals surface area contributed by atoms with Gasteiger partial charge in [0.25, 0.3) is 0 Å². The van der Waals surface area contributed by atoms with Gasteiger partial charge in [-0.1, -0.05) is 86.0 Å². The van der Waals surface area contributed by atoms with Gasteiger partial charge in [-0.15, -0.1) is 0 Å². The van der Waals surface area contributed by atoms with Gasteiger partial charge in [-0.2, -0.15) is 0 Å². The van der Waals surface area contributed by atoms with Crippen LogP contribution in [0.4, 0.5) is 0 Å². The van der Waals surface area contributed by atoms with Crippen molar-refractivity contribution in [1.82, 2.24) is 0 Å². The summed E-state index contributed by atoms with van der Waals surface area (Å²) in [7, 11) is 0. The van der Waals surface area contributed by atoms with E-state index in [1.54, 1.807) is 13.8 Å².